The van der Waals surface area contributed by atoms with Crippen molar-refractivity contribution in [2.45, 2.75) is 13.1 Å². The second kappa shape index (κ2) is 7.96. The van der Waals surface area contributed by atoms with Crippen LogP contribution in [0.5, 0.6) is 11.5 Å². The van der Waals surface area contributed by atoms with Crippen molar-refractivity contribution in [3.8, 4) is 22.1 Å². The number of aromatic hydroxyl groups is 1. The van der Waals surface area contributed by atoms with E-state index in [0.29, 0.717) is 18.8 Å². The van der Waals surface area contributed by atoms with E-state index in [0.717, 1.165) is 32.0 Å². The van der Waals surface area contributed by atoms with E-state index in [1.54, 1.807) is 24.6 Å². The maximum absolute atomic E-state index is 10.6. The first-order valence-corrected chi connectivity index (χ1v) is 9.80. The summed E-state index contributed by atoms with van der Waals surface area (Å²) in [5.41, 5.74) is 3.70. The number of nitrogens with zero attached hydrogens (tertiary/aromatic N) is 3. The van der Waals surface area contributed by atoms with Gasteiger partial charge in [0.25, 0.3) is 0 Å². The topological polar surface area (TPSA) is 58.5 Å². The third-order valence-corrected chi connectivity index (χ3v) is 5.60. The zero-order valence-electron chi connectivity index (χ0n) is 15.8. The molecule has 0 unspecified atom stereocenters. The lowest BCUT2D eigenvalue weighted by Crippen LogP contribution is -2.18. The molecule has 4 rings (SSSR count). The van der Waals surface area contributed by atoms with E-state index in [-0.39, 0.29) is 5.75 Å². The zero-order valence-corrected chi connectivity index (χ0v) is 16.6. The number of aromatic nitrogens is 2. The van der Waals surface area contributed by atoms with Gasteiger partial charge < -0.3 is 9.84 Å². The van der Waals surface area contributed by atoms with Crippen molar-refractivity contribution >= 4 is 21.6 Å². The molecule has 0 spiro atoms. The lowest BCUT2D eigenvalue weighted by Gasteiger charge is -2.18. The van der Waals surface area contributed by atoms with E-state index < -0.39 is 0 Å². The first kappa shape index (κ1) is 18.4. The largest absolute Gasteiger partial charge is 0.504 e. The number of methoxy groups -OCH3 is 1. The average Bonchev–Trinajstić information content (AvgIpc) is 3.14. The second-order valence-corrected chi connectivity index (χ2v) is 7.70. The maximum atomic E-state index is 10.6. The fourth-order valence-electron chi connectivity index (χ4n) is 3.18. The number of fused-ring (bicyclic) bond motifs is 1. The lowest BCUT2D eigenvalue weighted by atomic mass is 10.1. The van der Waals surface area contributed by atoms with E-state index in [1.165, 1.54) is 0 Å². The molecule has 0 aliphatic carbocycles. The Morgan fingerprint density at radius 1 is 1.07 bits per heavy atom. The molecule has 2 aromatic heterocycles. The molecule has 0 amide bonds. The fourth-order valence-corrected chi connectivity index (χ4v) is 4.13. The minimum Gasteiger partial charge on any atom is -0.504 e. The number of benzene rings is 2. The van der Waals surface area contributed by atoms with Crippen LogP contribution >= 0.6 is 11.3 Å². The molecule has 1 N–H and O–H groups in total. The number of phenolic OH excluding ortho intramolecular Hbond substituents is 1. The van der Waals surface area contributed by atoms with Gasteiger partial charge in [0.15, 0.2) is 11.5 Å². The molecule has 4 aromatic rings. The summed E-state index contributed by atoms with van der Waals surface area (Å²) in [6, 6.07) is 17.8. The molecular weight excluding hydrogens is 370 g/mol. The molecule has 2 aromatic carbocycles. The van der Waals surface area contributed by atoms with Gasteiger partial charge in [-0.05, 0) is 43.4 Å². The minimum atomic E-state index is 0.167. The molecule has 0 aliphatic rings. The predicted molar refractivity (Wildman–Crippen MR) is 113 cm³/mol. The van der Waals surface area contributed by atoms with Crippen LogP contribution in [0.4, 0.5) is 0 Å². The van der Waals surface area contributed by atoms with E-state index in [1.807, 2.05) is 55.6 Å². The quantitative estimate of drug-likeness (QED) is 0.516. The van der Waals surface area contributed by atoms with Crippen molar-refractivity contribution in [1.82, 2.24) is 14.9 Å². The van der Waals surface area contributed by atoms with Crippen LogP contribution in [0.1, 0.15) is 11.3 Å². The van der Waals surface area contributed by atoms with Gasteiger partial charge in [-0.2, -0.15) is 0 Å². The normalized spacial score (nSPS) is 11.2. The molecule has 0 bridgehead atoms. The zero-order chi connectivity index (χ0) is 19.5. The third-order valence-electron chi connectivity index (χ3n) is 4.51. The Labute approximate surface area is 167 Å². The second-order valence-electron chi connectivity index (χ2n) is 6.67. The monoisotopic (exact) mass is 391 g/mol. The standard InChI is InChI=1S/C22H21N3O2S/c1-25(14-17-7-5-6-10-23-17)13-16-11-15(12-19(27-2)21(16)26)22-24-18-8-3-4-9-20(18)28-22/h3-12,26H,13-14H2,1-2H3. The molecule has 0 atom stereocenters. The molecule has 2 heterocycles. The number of rotatable bonds is 6. The van der Waals surface area contributed by atoms with Gasteiger partial charge in [-0.25, -0.2) is 4.98 Å². The van der Waals surface area contributed by atoms with Gasteiger partial charge in [-0.3, -0.25) is 9.88 Å². The third kappa shape index (κ3) is 3.83. The highest BCUT2D eigenvalue weighted by atomic mass is 32.1. The van der Waals surface area contributed by atoms with Gasteiger partial charge in [-0.1, -0.05) is 18.2 Å². The number of pyridine rings is 1. The summed E-state index contributed by atoms with van der Waals surface area (Å²) in [6.07, 6.45) is 1.79. The van der Waals surface area contributed by atoms with E-state index in [9.17, 15) is 5.11 Å². The first-order chi connectivity index (χ1) is 13.6. The Hall–Kier alpha value is -2.96. The summed E-state index contributed by atoms with van der Waals surface area (Å²) in [7, 11) is 3.57. The Morgan fingerprint density at radius 3 is 2.64 bits per heavy atom. The summed E-state index contributed by atoms with van der Waals surface area (Å²) >= 11 is 1.63. The van der Waals surface area contributed by atoms with E-state index >= 15 is 0 Å². The number of para-hydroxylation sites is 1. The van der Waals surface area contributed by atoms with Gasteiger partial charge in [0.2, 0.25) is 0 Å². The van der Waals surface area contributed by atoms with E-state index in [4.69, 9.17) is 9.72 Å². The molecule has 0 saturated heterocycles. The number of phenols is 1. The SMILES string of the molecule is COc1cc(-c2nc3ccccc3s2)cc(CN(C)Cc2ccccn2)c1O. The summed E-state index contributed by atoms with van der Waals surface area (Å²) in [5.74, 6) is 0.623. The Kier molecular flexibility index (Phi) is 5.23. The van der Waals surface area contributed by atoms with Crippen molar-refractivity contribution in [3.63, 3.8) is 0 Å². The van der Waals surface area contributed by atoms with Gasteiger partial charge in [-0.15, -0.1) is 11.3 Å². The van der Waals surface area contributed by atoms with Gasteiger partial charge in [0.1, 0.15) is 5.01 Å². The number of hydrogen-bond acceptors (Lipinski definition) is 6. The Bertz CT molecular complexity index is 1060. The molecule has 0 saturated carbocycles. The maximum Gasteiger partial charge on any atom is 0.162 e. The fraction of sp³-hybridized carbons (Fsp3) is 0.182. The Balaban J connectivity index is 1.66. The highest BCUT2D eigenvalue weighted by Gasteiger charge is 2.16. The van der Waals surface area contributed by atoms with Crippen molar-refractivity contribution in [2.75, 3.05) is 14.2 Å². The van der Waals surface area contributed by atoms with Crippen LogP contribution in [0.15, 0.2) is 60.8 Å². The van der Waals surface area contributed by atoms with Crippen LogP contribution in [0.3, 0.4) is 0 Å². The van der Waals surface area contributed by atoms with Crippen LogP contribution < -0.4 is 4.74 Å². The summed E-state index contributed by atoms with van der Waals surface area (Å²) in [5, 5.41) is 11.5. The molecule has 0 aliphatic heterocycles. The number of hydrogen-bond donors (Lipinski definition) is 1. The van der Waals surface area contributed by atoms with Crippen LogP contribution in [-0.2, 0) is 13.1 Å². The first-order valence-electron chi connectivity index (χ1n) is 8.98. The van der Waals surface area contributed by atoms with Crippen molar-refractivity contribution in [2.24, 2.45) is 0 Å². The molecule has 5 nitrogen and oxygen atoms in total. The average molecular weight is 391 g/mol. The summed E-state index contributed by atoms with van der Waals surface area (Å²) in [4.78, 5) is 11.2. The molecule has 0 fully saturated rings. The Morgan fingerprint density at radius 2 is 1.89 bits per heavy atom. The predicted octanol–water partition coefficient (Wildman–Crippen LogP) is 4.70. The lowest BCUT2D eigenvalue weighted by molar-refractivity contribution is 0.304. The van der Waals surface area contributed by atoms with Gasteiger partial charge >= 0.3 is 0 Å². The number of ether oxygens (including phenoxy) is 1. The van der Waals surface area contributed by atoms with Crippen molar-refractivity contribution < 1.29 is 9.84 Å². The molecule has 0 radical (unpaired) electrons. The van der Waals surface area contributed by atoms with Crippen molar-refractivity contribution in [1.29, 1.82) is 0 Å². The number of thiazole rings is 1. The highest BCUT2D eigenvalue weighted by molar-refractivity contribution is 7.21. The highest BCUT2D eigenvalue weighted by Crippen LogP contribution is 2.38. The molecule has 6 heteroatoms. The summed E-state index contributed by atoms with van der Waals surface area (Å²) < 4.78 is 6.56. The van der Waals surface area contributed by atoms with Gasteiger partial charge in [0, 0.05) is 30.4 Å². The van der Waals surface area contributed by atoms with Crippen molar-refractivity contribution in [3.05, 3.63) is 72.1 Å². The van der Waals surface area contributed by atoms with Crippen LogP contribution in [0.25, 0.3) is 20.8 Å². The minimum absolute atomic E-state index is 0.167. The van der Waals surface area contributed by atoms with Crippen LogP contribution in [0, 0.1) is 0 Å². The summed E-state index contributed by atoms with van der Waals surface area (Å²) in [6.45, 7) is 1.26. The van der Waals surface area contributed by atoms with Crippen LogP contribution in [-0.4, -0.2) is 34.1 Å². The van der Waals surface area contributed by atoms with Crippen LogP contribution in [0.2, 0.25) is 0 Å². The molecule has 142 valence electrons. The van der Waals surface area contributed by atoms with E-state index in [2.05, 4.69) is 16.0 Å². The smallest absolute Gasteiger partial charge is 0.162 e. The van der Waals surface area contributed by atoms with Gasteiger partial charge in [0.05, 0.1) is 23.0 Å². The molecular formula is C22H21N3O2S. The molecule has 28 heavy (non-hydrogen) atoms.